The number of hydrogen-bond donors (Lipinski definition) is 1. The molecular formula is C19H17N3O5. The Kier molecular flexibility index (Phi) is 4.02. The maximum atomic E-state index is 11.6. The van der Waals surface area contributed by atoms with Gasteiger partial charge in [0.05, 0.1) is 39.8 Å². The number of anilines is 1. The molecule has 1 N–H and O–H groups in total. The second-order valence-corrected chi connectivity index (χ2v) is 6.62. The fraction of sp³-hybridized carbons (Fsp3) is 0.263. The third-order valence-corrected chi connectivity index (χ3v) is 5.34. The van der Waals surface area contributed by atoms with Crippen LogP contribution in [0.1, 0.15) is 29.5 Å². The molecule has 0 saturated heterocycles. The summed E-state index contributed by atoms with van der Waals surface area (Å²) in [5.41, 5.74) is 1.74. The normalized spacial score (nSPS) is 22.5. The topological polar surface area (TPSA) is 108 Å². The molecule has 8 heteroatoms. The molecule has 27 heavy (non-hydrogen) atoms. The molecule has 2 aromatic carbocycles. The number of ether oxygens (including phenoxy) is 1. The first-order valence-electron chi connectivity index (χ1n) is 8.54. The third kappa shape index (κ3) is 2.61. The van der Waals surface area contributed by atoms with E-state index >= 15 is 0 Å². The summed E-state index contributed by atoms with van der Waals surface area (Å²) >= 11 is 0. The second-order valence-electron chi connectivity index (χ2n) is 6.62. The molecule has 0 bridgehead atoms. The SMILES string of the molecule is COc1ccc([N+](=O)[O-])c2c1N[C@H](c1ccccc1[N+](=O)[O-])[C@H]1CC=C[C@H]21. The summed E-state index contributed by atoms with van der Waals surface area (Å²) in [6, 6.07) is 9.27. The van der Waals surface area contributed by atoms with Crippen molar-refractivity contribution < 1.29 is 14.6 Å². The van der Waals surface area contributed by atoms with Crippen molar-refractivity contribution in [1.29, 1.82) is 0 Å². The summed E-state index contributed by atoms with van der Waals surface area (Å²) in [6.07, 6.45) is 4.62. The summed E-state index contributed by atoms with van der Waals surface area (Å²) in [5, 5.41) is 26.4. The number of rotatable bonds is 4. The number of para-hydroxylation sites is 1. The van der Waals surface area contributed by atoms with Gasteiger partial charge < -0.3 is 10.1 Å². The molecule has 0 fully saturated rings. The van der Waals surface area contributed by atoms with Crippen molar-refractivity contribution in [2.45, 2.75) is 18.4 Å². The highest BCUT2D eigenvalue weighted by atomic mass is 16.6. The van der Waals surface area contributed by atoms with Crippen LogP contribution >= 0.6 is 0 Å². The van der Waals surface area contributed by atoms with E-state index in [0.717, 1.165) is 0 Å². The van der Waals surface area contributed by atoms with E-state index in [9.17, 15) is 20.2 Å². The zero-order valence-electron chi connectivity index (χ0n) is 14.5. The van der Waals surface area contributed by atoms with Crippen molar-refractivity contribution in [3.63, 3.8) is 0 Å². The standard InChI is InChI=1S/C19H17N3O5/c1-27-16-10-9-15(22(25)26)17-11-6-4-7-12(11)18(20-19(16)17)13-5-2-3-8-14(13)21(23)24/h2-6,8-12,18,20H,7H2,1H3/t11-,12-,18-/m0/s1. The smallest absolute Gasteiger partial charge is 0.275 e. The van der Waals surface area contributed by atoms with Crippen LogP contribution in [-0.2, 0) is 0 Å². The highest BCUT2D eigenvalue weighted by Crippen LogP contribution is 2.55. The van der Waals surface area contributed by atoms with Crippen LogP contribution in [0.2, 0.25) is 0 Å². The lowest BCUT2D eigenvalue weighted by Gasteiger charge is -2.37. The second kappa shape index (κ2) is 6.39. The summed E-state index contributed by atoms with van der Waals surface area (Å²) in [5.74, 6) is 0.226. The van der Waals surface area contributed by atoms with Gasteiger partial charge in [-0.3, -0.25) is 20.2 Å². The molecule has 0 amide bonds. The van der Waals surface area contributed by atoms with Crippen LogP contribution in [0.3, 0.4) is 0 Å². The Balaban J connectivity index is 1.92. The maximum Gasteiger partial charge on any atom is 0.275 e. The van der Waals surface area contributed by atoms with Gasteiger partial charge in [0.25, 0.3) is 11.4 Å². The molecule has 1 aliphatic heterocycles. The van der Waals surface area contributed by atoms with E-state index in [1.165, 1.54) is 19.2 Å². The molecule has 1 heterocycles. The van der Waals surface area contributed by atoms with Gasteiger partial charge in [0.15, 0.2) is 0 Å². The van der Waals surface area contributed by atoms with Crippen LogP contribution in [0.25, 0.3) is 0 Å². The van der Waals surface area contributed by atoms with Crippen LogP contribution in [-0.4, -0.2) is 17.0 Å². The zero-order valence-corrected chi connectivity index (χ0v) is 14.5. The number of nitrogens with one attached hydrogen (secondary N) is 1. The van der Waals surface area contributed by atoms with Gasteiger partial charge >= 0.3 is 0 Å². The minimum absolute atomic E-state index is 0.0286. The average molecular weight is 367 g/mol. The lowest BCUT2D eigenvalue weighted by Crippen LogP contribution is -2.30. The van der Waals surface area contributed by atoms with Crippen LogP contribution < -0.4 is 10.1 Å². The molecule has 2 aromatic rings. The third-order valence-electron chi connectivity index (χ3n) is 5.34. The monoisotopic (exact) mass is 367 g/mol. The van der Waals surface area contributed by atoms with Crippen molar-refractivity contribution in [2.24, 2.45) is 5.92 Å². The molecule has 8 nitrogen and oxygen atoms in total. The van der Waals surface area contributed by atoms with E-state index in [-0.39, 0.29) is 29.3 Å². The van der Waals surface area contributed by atoms with Gasteiger partial charge in [0.2, 0.25) is 0 Å². The molecule has 1 aliphatic carbocycles. The first-order valence-corrected chi connectivity index (χ1v) is 8.54. The lowest BCUT2D eigenvalue weighted by atomic mass is 9.76. The van der Waals surface area contributed by atoms with E-state index in [1.807, 2.05) is 12.2 Å². The van der Waals surface area contributed by atoms with Gasteiger partial charge in [-0.1, -0.05) is 30.4 Å². The molecule has 138 valence electrons. The highest BCUT2D eigenvalue weighted by Gasteiger charge is 2.44. The summed E-state index contributed by atoms with van der Waals surface area (Å²) in [6.45, 7) is 0. The molecule has 0 saturated carbocycles. The van der Waals surface area contributed by atoms with Gasteiger partial charge in [-0.05, 0) is 18.4 Å². The average Bonchev–Trinajstić information content (AvgIpc) is 3.16. The summed E-state index contributed by atoms with van der Waals surface area (Å²) in [4.78, 5) is 22.3. The first kappa shape index (κ1) is 17.0. The zero-order chi connectivity index (χ0) is 19.1. The predicted octanol–water partition coefficient (Wildman–Crippen LogP) is 4.34. The van der Waals surface area contributed by atoms with E-state index in [4.69, 9.17) is 4.74 Å². The maximum absolute atomic E-state index is 11.6. The van der Waals surface area contributed by atoms with Crippen molar-refractivity contribution in [2.75, 3.05) is 12.4 Å². The summed E-state index contributed by atoms with van der Waals surface area (Å²) in [7, 11) is 1.50. The van der Waals surface area contributed by atoms with Gasteiger partial charge in [-0.25, -0.2) is 0 Å². The first-order chi connectivity index (χ1) is 13.0. The molecule has 3 atom stereocenters. The fourth-order valence-corrected chi connectivity index (χ4v) is 4.22. The van der Waals surface area contributed by atoms with E-state index in [2.05, 4.69) is 5.32 Å². The largest absolute Gasteiger partial charge is 0.495 e. The van der Waals surface area contributed by atoms with Crippen LogP contribution in [0.4, 0.5) is 17.1 Å². The number of fused-ring (bicyclic) bond motifs is 3. The fourth-order valence-electron chi connectivity index (χ4n) is 4.22. The molecular weight excluding hydrogens is 350 g/mol. The number of nitro benzene ring substituents is 2. The Hall–Kier alpha value is -3.42. The van der Waals surface area contributed by atoms with Gasteiger partial charge in [-0.15, -0.1) is 0 Å². The van der Waals surface area contributed by atoms with Crippen LogP contribution in [0.5, 0.6) is 5.75 Å². The van der Waals surface area contributed by atoms with Crippen LogP contribution in [0, 0.1) is 26.1 Å². The summed E-state index contributed by atoms with van der Waals surface area (Å²) < 4.78 is 5.41. The quantitative estimate of drug-likeness (QED) is 0.489. The van der Waals surface area contributed by atoms with Crippen molar-refractivity contribution in [3.05, 3.63) is 79.9 Å². The van der Waals surface area contributed by atoms with Gasteiger partial charge in [0.1, 0.15) is 5.75 Å². The van der Waals surface area contributed by atoms with Crippen molar-refractivity contribution in [1.82, 2.24) is 0 Å². The molecule has 4 rings (SSSR count). The lowest BCUT2D eigenvalue weighted by molar-refractivity contribution is -0.386. The van der Waals surface area contributed by atoms with Crippen molar-refractivity contribution >= 4 is 17.1 Å². The Labute approximate surface area is 154 Å². The van der Waals surface area contributed by atoms with Gasteiger partial charge in [0, 0.05) is 18.1 Å². The molecule has 0 spiro atoms. The molecule has 2 aliphatic rings. The van der Waals surface area contributed by atoms with E-state index < -0.39 is 9.85 Å². The van der Waals surface area contributed by atoms with Gasteiger partial charge in [-0.2, -0.15) is 0 Å². The number of hydrogen-bond acceptors (Lipinski definition) is 6. The Morgan fingerprint density at radius 3 is 2.52 bits per heavy atom. The Morgan fingerprint density at radius 1 is 1.07 bits per heavy atom. The minimum atomic E-state index is -0.394. The molecule has 0 radical (unpaired) electrons. The predicted molar refractivity (Wildman–Crippen MR) is 99.1 cm³/mol. The Bertz CT molecular complexity index is 972. The van der Waals surface area contributed by atoms with E-state index in [1.54, 1.807) is 24.3 Å². The number of nitro groups is 2. The number of methoxy groups -OCH3 is 1. The number of nitrogens with zero attached hydrogens (tertiary/aromatic N) is 2. The highest BCUT2D eigenvalue weighted by molar-refractivity contribution is 5.74. The van der Waals surface area contributed by atoms with E-state index in [0.29, 0.717) is 29.0 Å². The number of benzene rings is 2. The number of allylic oxidation sites excluding steroid dienone is 2. The molecule has 0 unspecified atom stereocenters. The minimum Gasteiger partial charge on any atom is -0.495 e. The molecule has 0 aromatic heterocycles. The van der Waals surface area contributed by atoms with Crippen LogP contribution in [0.15, 0.2) is 48.6 Å². The Morgan fingerprint density at radius 2 is 1.81 bits per heavy atom. The van der Waals surface area contributed by atoms with Crippen molar-refractivity contribution in [3.8, 4) is 5.75 Å².